The fourth-order valence-corrected chi connectivity index (χ4v) is 1.77. The van der Waals surface area contributed by atoms with E-state index in [4.69, 9.17) is 23.2 Å². The van der Waals surface area contributed by atoms with Crippen LogP contribution < -0.4 is 5.32 Å². The third kappa shape index (κ3) is 4.57. The molecule has 1 amide bonds. The van der Waals surface area contributed by atoms with Crippen molar-refractivity contribution >= 4 is 29.1 Å². The lowest BCUT2D eigenvalue weighted by Crippen LogP contribution is -2.47. The molecule has 0 bridgehead atoms. The molecule has 0 aliphatic carbocycles. The van der Waals surface area contributed by atoms with Crippen molar-refractivity contribution in [2.45, 2.75) is 32.2 Å². The maximum absolute atomic E-state index is 11.8. The quantitative estimate of drug-likeness (QED) is 0.819. The van der Waals surface area contributed by atoms with E-state index in [2.05, 4.69) is 5.32 Å². The van der Waals surface area contributed by atoms with Crippen LogP contribution in [-0.4, -0.2) is 17.3 Å². The normalized spacial score (nSPS) is 14.1. The first-order chi connectivity index (χ1) is 7.99. The van der Waals surface area contributed by atoms with Crippen LogP contribution in [0.25, 0.3) is 0 Å². The van der Waals surface area contributed by atoms with E-state index in [9.17, 15) is 4.79 Å². The van der Waals surface area contributed by atoms with E-state index in [0.717, 1.165) is 12.0 Å². The summed E-state index contributed by atoms with van der Waals surface area (Å²) >= 11 is 11.6. The molecule has 1 atom stereocenters. The van der Waals surface area contributed by atoms with Gasteiger partial charge in [0.2, 0.25) is 5.91 Å². The molecule has 17 heavy (non-hydrogen) atoms. The summed E-state index contributed by atoms with van der Waals surface area (Å²) in [4.78, 5) is 11.8. The van der Waals surface area contributed by atoms with Crippen molar-refractivity contribution in [1.82, 2.24) is 5.32 Å². The number of alkyl halides is 1. The highest BCUT2D eigenvalue weighted by Crippen LogP contribution is 2.13. The number of benzene rings is 1. The van der Waals surface area contributed by atoms with Gasteiger partial charge in [-0.25, -0.2) is 0 Å². The zero-order chi connectivity index (χ0) is 12.9. The van der Waals surface area contributed by atoms with Gasteiger partial charge in [0, 0.05) is 10.9 Å². The molecule has 0 fully saturated rings. The highest BCUT2D eigenvalue weighted by atomic mass is 35.5. The molecule has 1 N–H and O–H groups in total. The summed E-state index contributed by atoms with van der Waals surface area (Å²) in [6.07, 6.45) is 1.16. The molecule has 2 nitrogen and oxygen atoms in total. The number of hydrogen-bond donors (Lipinski definition) is 1. The van der Waals surface area contributed by atoms with Gasteiger partial charge in [-0.15, -0.1) is 11.6 Å². The molecule has 1 aromatic rings. The summed E-state index contributed by atoms with van der Waals surface area (Å²) in [5.74, 6) is 0.396. The van der Waals surface area contributed by atoms with Crippen molar-refractivity contribution in [1.29, 1.82) is 0 Å². The van der Waals surface area contributed by atoms with Gasteiger partial charge >= 0.3 is 0 Å². The zero-order valence-electron chi connectivity index (χ0n) is 10.1. The van der Waals surface area contributed by atoms with Crippen molar-refractivity contribution in [2.24, 2.45) is 0 Å². The van der Waals surface area contributed by atoms with Gasteiger partial charge in [0.25, 0.3) is 0 Å². The van der Waals surface area contributed by atoms with Crippen LogP contribution in [0.3, 0.4) is 0 Å². The number of halogens is 2. The van der Waals surface area contributed by atoms with Crippen LogP contribution in [0.15, 0.2) is 24.3 Å². The monoisotopic (exact) mass is 273 g/mol. The average Bonchev–Trinajstić information content (AvgIpc) is 2.32. The molecule has 94 valence electrons. The van der Waals surface area contributed by atoms with E-state index < -0.39 is 0 Å². The first-order valence-electron chi connectivity index (χ1n) is 5.60. The van der Waals surface area contributed by atoms with Crippen molar-refractivity contribution < 1.29 is 4.79 Å². The standard InChI is InChI=1S/C13H17Cl2NO/c1-3-13(2,9-14)16-12(17)8-10-4-6-11(15)7-5-10/h4-7H,3,8-9H2,1-2H3,(H,16,17). The summed E-state index contributed by atoms with van der Waals surface area (Å²) in [6, 6.07) is 7.27. The average molecular weight is 274 g/mol. The first-order valence-corrected chi connectivity index (χ1v) is 6.52. The van der Waals surface area contributed by atoms with E-state index >= 15 is 0 Å². The number of amides is 1. The second-order valence-electron chi connectivity index (χ2n) is 4.40. The Morgan fingerprint density at radius 2 is 1.94 bits per heavy atom. The molecular weight excluding hydrogens is 257 g/mol. The summed E-state index contributed by atoms with van der Waals surface area (Å²) in [7, 11) is 0. The maximum Gasteiger partial charge on any atom is 0.224 e. The van der Waals surface area contributed by atoms with Crippen LogP contribution in [-0.2, 0) is 11.2 Å². The highest BCUT2D eigenvalue weighted by molar-refractivity contribution is 6.30. The fraction of sp³-hybridized carbons (Fsp3) is 0.462. The van der Waals surface area contributed by atoms with Crippen molar-refractivity contribution in [3.05, 3.63) is 34.9 Å². The van der Waals surface area contributed by atoms with Gasteiger partial charge in [0.1, 0.15) is 0 Å². The molecule has 0 aliphatic heterocycles. The molecular formula is C13H17Cl2NO. The molecule has 1 rings (SSSR count). The van der Waals surface area contributed by atoms with Crippen molar-refractivity contribution in [2.75, 3.05) is 5.88 Å². The Morgan fingerprint density at radius 1 is 1.35 bits per heavy atom. The van der Waals surface area contributed by atoms with Gasteiger partial charge in [-0.05, 0) is 31.0 Å². The van der Waals surface area contributed by atoms with E-state index in [1.165, 1.54) is 0 Å². The minimum atomic E-state index is -0.328. The molecule has 0 saturated heterocycles. The van der Waals surface area contributed by atoms with E-state index in [-0.39, 0.29) is 11.4 Å². The number of carbonyl (C=O) groups excluding carboxylic acids is 1. The van der Waals surface area contributed by atoms with Crippen LogP contribution in [0.1, 0.15) is 25.8 Å². The van der Waals surface area contributed by atoms with E-state index in [1.807, 2.05) is 26.0 Å². The summed E-state index contributed by atoms with van der Waals surface area (Å²) in [5.41, 5.74) is 0.616. The van der Waals surface area contributed by atoms with Gasteiger partial charge in [0.05, 0.1) is 12.0 Å². The molecule has 0 heterocycles. The predicted molar refractivity (Wildman–Crippen MR) is 72.7 cm³/mol. The summed E-state index contributed by atoms with van der Waals surface area (Å²) in [5, 5.41) is 3.63. The molecule has 0 aliphatic rings. The van der Waals surface area contributed by atoms with Crippen LogP contribution in [0, 0.1) is 0 Å². The Hall–Kier alpha value is -0.730. The van der Waals surface area contributed by atoms with E-state index in [0.29, 0.717) is 17.3 Å². The molecule has 0 aromatic heterocycles. The molecule has 0 saturated carbocycles. The number of nitrogens with one attached hydrogen (secondary N) is 1. The van der Waals surface area contributed by atoms with Gasteiger partial charge in [-0.3, -0.25) is 4.79 Å². The fourth-order valence-electron chi connectivity index (χ4n) is 1.38. The molecule has 4 heteroatoms. The minimum absolute atomic E-state index is 0.0164. The molecule has 0 spiro atoms. The lowest BCUT2D eigenvalue weighted by molar-refractivity contribution is -0.122. The Balaban J connectivity index is 2.58. The van der Waals surface area contributed by atoms with Gasteiger partial charge in [-0.1, -0.05) is 30.7 Å². The van der Waals surface area contributed by atoms with Gasteiger partial charge < -0.3 is 5.32 Å². The lowest BCUT2D eigenvalue weighted by atomic mass is 10.0. The Labute approximate surface area is 112 Å². The minimum Gasteiger partial charge on any atom is -0.349 e. The topological polar surface area (TPSA) is 29.1 Å². The smallest absolute Gasteiger partial charge is 0.224 e. The predicted octanol–water partition coefficient (Wildman–Crippen LogP) is 3.41. The maximum atomic E-state index is 11.8. The summed E-state index contributed by atoms with van der Waals surface area (Å²) in [6.45, 7) is 3.95. The van der Waals surface area contributed by atoms with Crippen LogP contribution in [0.5, 0.6) is 0 Å². The SMILES string of the molecule is CCC(C)(CCl)NC(=O)Cc1ccc(Cl)cc1. The third-order valence-corrected chi connectivity index (χ3v) is 3.64. The summed E-state index contributed by atoms with van der Waals surface area (Å²) < 4.78 is 0. The van der Waals surface area contributed by atoms with Gasteiger partial charge in [0.15, 0.2) is 0 Å². The van der Waals surface area contributed by atoms with Crippen molar-refractivity contribution in [3.63, 3.8) is 0 Å². The molecule has 1 aromatic carbocycles. The van der Waals surface area contributed by atoms with Crippen LogP contribution >= 0.6 is 23.2 Å². The van der Waals surface area contributed by atoms with Crippen LogP contribution in [0.2, 0.25) is 5.02 Å². The second-order valence-corrected chi connectivity index (χ2v) is 5.10. The zero-order valence-corrected chi connectivity index (χ0v) is 11.6. The largest absolute Gasteiger partial charge is 0.349 e. The Bertz CT molecular complexity index is 372. The number of carbonyl (C=O) groups is 1. The van der Waals surface area contributed by atoms with Crippen LogP contribution in [0.4, 0.5) is 0 Å². The first kappa shape index (κ1) is 14.3. The van der Waals surface area contributed by atoms with Gasteiger partial charge in [-0.2, -0.15) is 0 Å². The molecule has 1 unspecified atom stereocenters. The highest BCUT2D eigenvalue weighted by Gasteiger charge is 2.22. The molecule has 0 radical (unpaired) electrons. The number of rotatable bonds is 5. The Kier molecular flexibility index (Phi) is 5.29. The number of hydrogen-bond acceptors (Lipinski definition) is 1. The van der Waals surface area contributed by atoms with Crippen molar-refractivity contribution in [3.8, 4) is 0 Å². The third-order valence-electron chi connectivity index (χ3n) is 2.79. The lowest BCUT2D eigenvalue weighted by Gasteiger charge is -2.27. The second kappa shape index (κ2) is 6.27. The van der Waals surface area contributed by atoms with E-state index in [1.54, 1.807) is 12.1 Å². The Morgan fingerprint density at radius 3 is 2.41 bits per heavy atom.